The van der Waals surface area contributed by atoms with Crippen molar-refractivity contribution >= 4 is 17.2 Å². The topological polar surface area (TPSA) is 69.1 Å². The molecular formula is C10H12N2O. The Balaban J connectivity index is 3.23. The smallest absolute Gasteiger partial charge is 0.248 e. The second-order valence-corrected chi connectivity index (χ2v) is 2.88. The van der Waals surface area contributed by atoms with Crippen LogP contribution in [0, 0.1) is 6.92 Å². The minimum Gasteiger partial charge on any atom is -0.398 e. The Labute approximate surface area is 77.0 Å². The lowest BCUT2D eigenvalue weighted by Crippen LogP contribution is -2.13. The number of nitrogen functional groups attached to an aromatic ring is 1. The molecule has 1 amide bonds. The fourth-order valence-corrected chi connectivity index (χ4v) is 1.08. The van der Waals surface area contributed by atoms with E-state index in [1.165, 1.54) is 0 Å². The quantitative estimate of drug-likeness (QED) is 0.523. The molecule has 0 spiro atoms. The average molecular weight is 176 g/mol. The lowest BCUT2D eigenvalue weighted by molar-refractivity contribution is -0.112. The number of rotatable bonds is 2. The van der Waals surface area contributed by atoms with Crippen molar-refractivity contribution in [3.63, 3.8) is 0 Å². The zero-order chi connectivity index (χ0) is 10.0. The monoisotopic (exact) mass is 176 g/mol. The van der Waals surface area contributed by atoms with Crippen molar-refractivity contribution in [1.29, 1.82) is 0 Å². The molecule has 0 aliphatic rings. The van der Waals surface area contributed by atoms with E-state index in [2.05, 4.69) is 6.58 Å². The van der Waals surface area contributed by atoms with Gasteiger partial charge in [-0.05, 0) is 12.5 Å². The number of aryl methyl sites for hydroxylation is 1. The molecule has 0 saturated carbocycles. The molecule has 3 heteroatoms. The van der Waals surface area contributed by atoms with Crippen molar-refractivity contribution < 1.29 is 4.79 Å². The fraction of sp³-hybridized carbons (Fsp3) is 0.100. The van der Waals surface area contributed by atoms with Crippen LogP contribution >= 0.6 is 0 Å². The third-order valence-electron chi connectivity index (χ3n) is 1.95. The molecule has 0 unspecified atom stereocenters. The van der Waals surface area contributed by atoms with Gasteiger partial charge in [0.05, 0.1) is 0 Å². The zero-order valence-electron chi connectivity index (χ0n) is 7.50. The third kappa shape index (κ3) is 1.69. The zero-order valence-corrected chi connectivity index (χ0v) is 7.50. The van der Waals surface area contributed by atoms with Gasteiger partial charge in [-0.15, -0.1) is 0 Å². The van der Waals surface area contributed by atoms with E-state index in [4.69, 9.17) is 11.5 Å². The van der Waals surface area contributed by atoms with Gasteiger partial charge in [-0.3, -0.25) is 4.79 Å². The molecule has 0 bridgehead atoms. The summed E-state index contributed by atoms with van der Waals surface area (Å²) in [6, 6.07) is 5.41. The highest BCUT2D eigenvalue weighted by molar-refractivity contribution is 6.19. The summed E-state index contributed by atoms with van der Waals surface area (Å²) in [5, 5.41) is 0. The molecule has 0 aromatic heterocycles. The van der Waals surface area contributed by atoms with Crippen LogP contribution in [0.3, 0.4) is 0 Å². The second-order valence-electron chi connectivity index (χ2n) is 2.88. The molecule has 68 valence electrons. The first-order chi connectivity index (χ1) is 6.04. The number of anilines is 1. The Kier molecular flexibility index (Phi) is 2.37. The van der Waals surface area contributed by atoms with Gasteiger partial charge in [0, 0.05) is 16.8 Å². The maximum Gasteiger partial charge on any atom is 0.248 e. The number of para-hydroxylation sites is 1. The highest BCUT2D eigenvalue weighted by Crippen LogP contribution is 2.22. The van der Waals surface area contributed by atoms with Crippen LogP contribution in [-0.2, 0) is 4.79 Å². The summed E-state index contributed by atoms with van der Waals surface area (Å²) in [7, 11) is 0. The number of carbonyl (C=O) groups excluding carboxylic acids is 1. The number of hydrogen-bond acceptors (Lipinski definition) is 2. The summed E-state index contributed by atoms with van der Waals surface area (Å²) in [5.74, 6) is -0.544. The summed E-state index contributed by atoms with van der Waals surface area (Å²) >= 11 is 0. The lowest BCUT2D eigenvalue weighted by Gasteiger charge is -2.07. The molecule has 0 fully saturated rings. The Morgan fingerprint density at radius 3 is 2.62 bits per heavy atom. The van der Waals surface area contributed by atoms with E-state index in [1.807, 2.05) is 19.1 Å². The first-order valence-corrected chi connectivity index (χ1v) is 3.88. The van der Waals surface area contributed by atoms with Crippen LogP contribution in [0.4, 0.5) is 5.69 Å². The third-order valence-corrected chi connectivity index (χ3v) is 1.95. The molecule has 1 aromatic rings. The van der Waals surface area contributed by atoms with Gasteiger partial charge in [-0.25, -0.2) is 0 Å². The van der Waals surface area contributed by atoms with Crippen LogP contribution in [0.25, 0.3) is 5.57 Å². The minimum atomic E-state index is -0.544. The van der Waals surface area contributed by atoms with Crippen LogP contribution in [0.2, 0.25) is 0 Å². The number of primary amides is 1. The van der Waals surface area contributed by atoms with Crippen molar-refractivity contribution in [2.45, 2.75) is 6.92 Å². The largest absolute Gasteiger partial charge is 0.398 e. The van der Waals surface area contributed by atoms with Gasteiger partial charge >= 0.3 is 0 Å². The minimum absolute atomic E-state index is 0.251. The first-order valence-electron chi connectivity index (χ1n) is 3.88. The van der Waals surface area contributed by atoms with Crippen molar-refractivity contribution in [3.05, 3.63) is 35.9 Å². The predicted octanol–water partition coefficient (Wildman–Crippen LogP) is 1.08. The van der Waals surface area contributed by atoms with E-state index >= 15 is 0 Å². The van der Waals surface area contributed by atoms with Gasteiger partial charge in [-0.2, -0.15) is 0 Å². The SMILES string of the molecule is C=C(C(N)=O)c1cccc(C)c1N. The molecule has 0 radical (unpaired) electrons. The molecule has 1 aromatic carbocycles. The van der Waals surface area contributed by atoms with Gasteiger partial charge in [0.15, 0.2) is 0 Å². The number of amides is 1. The molecule has 4 N–H and O–H groups in total. The van der Waals surface area contributed by atoms with E-state index in [9.17, 15) is 4.79 Å². The molecule has 0 aliphatic carbocycles. The normalized spacial score (nSPS) is 9.62. The lowest BCUT2D eigenvalue weighted by atomic mass is 10.0. The molecule has 0 atom stereocenters. The van der Waals surface area contributed by atoms with Crippen LogP contribution in [0.5, 0.6) is 0 Å². The van der Waals surface area contributed by atoms with Crippen LogP contribution in [0.15, 0.2) is 24.8 Å². The Morgan fingerprint density at radius 2 is 2.08 bits per heavy atom. The molecule has 0 saturated heterocycles. The standard InChI is InChI=1S/C10H12N2O/c1-6-4-3-5-8(9(6)11)7(2)10(12)13/h3-5H,2,11H2,1H3,(H2,12,13). The Bertz CT molecular complexity index is 369. The molecule has 0 heterocycles. The number of nitrogens with two attached hydrogens (primary N) is 2. The highest BCUT2D eigenvalue weighted by Gasteiger charge is 2.09. The Hall–Kier alpha value is -1.77. The van der Waals surface area contributed by atoms with Crippen LogP contribution in [0.1, 0.15) is 11.1 Å². The molecule has 1 rings (SSSR count). The number of benzene rings is 1. The summed E-state index contributed by atoms with van der Waals surface area (Å²) < 4.78 is 0. The van der Waals surface area contributed by atoms with Crippen molar-refractivity contribution in [2.75, 3.05) is 5.73 Å². The summed E-state index contributed by atoms with van der Waals surface area (Å²) in [6.45, 7) is 5.44. The predicted molar refractivity (Wildman–Crippen MR) is 53.8 cm³/mol. The van der Waals surface area contributed by atoms with E-state index in [0.717, 1.165) is 5.56 Å². The first kappa shape index (κ1) is 9.32. The maximum atomic E-state index is 10.8. The van der Waals surface area contributed by atoms with Crippen LogP contribution in [-0.4, -0.2) is 5.91 Å². The summed E-state index contributed by atoms with van der Waals surface area (Å²) in [4.78, 5) is 10.8. The summed E-state index contributed by atoms with van der Waals surface area (Å²) in [5.41, 5.74) is 13.2. The molecular weight excluding hydrogens is 164 g/mol. The van der Waals surface area contributed by atoms with E-state index in [1.54, 1.807) is 6.07 Å². The van der Waals surface area contributed by atoms with Crippen molar-refractivity contribution in [2.24, 2.45) is 5.73 Å². The molecule has 13 heavy (non-hydrogen) atoms. The van der Waals surface area contributed by atoms with Gasteiger partial charge < -0.3 is 11.5 Å². The van der Waals surface area contributed by atoms with Crippen LogP contribution < -0.4 is 11.5 Å². The Morgan fingerprint density at radius 1 is 1.46 bits per heavy atom. The van der Waals surface area contributed by atoms with Crippen molar-refractivity contribution in [3.8, 4) is 0 Å². The van der Waals surface area contributed by atoms with Gasteiger partial charge in [-0.1, -0.05) is 24.8 Å². The van der Waals surface area contributed by atoms with E-state index in [0.29, 0.717) is 11.3 Å². The van der Waals surface area contributed by atoms with Gasteiger partial charge in [0.2, 0.25) is 5.91 Å². The molecule has 3 nitrogen and oxygen atoms in total. The van der Waals surface area contributed by atoms with Gasteiger partial charge in [0.25, 0.3) is 0 Å². The number of carbonyl (C=O) groups is 1. The van der Waals surface area contributed by atoms with Crippen molar-refractivity contribution in [1.82, 2.24) is 0 Å². The van der Waals surface area contributed by atoms with Gasteiger partial charge in [0.1, 0.15) is 0 Å². The second kappa shape index (κ2) is 3.31. The highest BCUT2D eigenvalue weighted by atomic mass is 16.1. The molecule has 0 aliphatic heterocycles. The average Bonchev–Trinajstić information content (AvgIpc) is 2.08. The fourth-order valence-electron chi connectivity index (χ4n) is 1.08. The van der Waals surface area contributed by atoms with E-state index in [-0.39, 0.29) is 5.57 Å². The number of hydrogen-bond donors (Lipinski definition) is 2. The maximum absolute atomic E-state index is 10.8. The summed E-state index contributed by atoms with van der Waals surface area (Å²) in [6.07, 6.45) is 0. The van der Waals surface area contributed by atoms with E-state index < -0.39 is 5.91 Å².